The van der Waals surface area contributed by atoms with Crippen LogP contribution in [0.3, 0.4) is 0 Å². The first-order valence-corrected chi connectivity index (χ1v) is 6.67. The lowest BCUT2D eigenvalue weighted by atomic mass is 10.2. The molecular weight excluding hydrogens is 336 g/mol. The van der Waals surface area contributed by atoms with Gasteiger partial charge in [0, 0.05) is 20.8 Å². The minimum atomic E-state index is -0.0746. The molecule has 0 fully saturated rings. The van der Waals surface area contributed by atoms with Crippen LogP contribution in [0.25, 0.3) is 0 Å². The second-order valence-electron chi connectivity index (χ2n) is 4.51. The second kappa shape index (κ2) is 6.07. The first kappa shape index (κ1) is 14.1. The number of hydrogen-bond donors (Lipinski definition) is 1. The molecular formula is C12H17ClINO. The van der Waals surface area contributed by atoms with E-state index >= 15 is 0 Å². The van der Waals surface area contributed by atoms with Crippen molar-refractivity contribution in [2.24, 2.45) is 0 Å². The van der Waals surface area contributed by atoms with Crippen LogP contribution in [-0.2, 0) is 4.74 Å². The molecule has 0 saturated carbocycles. The van der Waals surface area contributed by atoms with Crippen molar-refractivity contribution in [1.29, 1.82) is 0 Å². The van der Waals surface area contributed by atoms with Crippen LogP contribution >= 0.6 is 34.2 Å². The lowest BCUT2D eigenvalue weighted by Crippen LogP contribution is -2.23. The lowest BCUT2D eigenvalue weighted by molar-refractivity contribution is 0.00333. The van der Waals surface area contributed by atoms with Gasteiger partial charge in [-0.3, -0.25) is 0 Å². The van der Waals surface area contributed by atoms with Crippen molar-refractivity contribution in [1.82, 2.24) is 0 Å². The van der Waals surface area contributed by atoms with E-state index in [1.165, 1.54) is 0 Å². The number of hydrogen-bond acceptors (Lipinski definition) is 2. The Labute approximate surface area is 116 Å². The number of benzene rings is 1. The molecule has 0 aromatic heterocycles. The monoisotopic (exact) mass is 353 g/mol. The number of ether oxygens (including phenoxy) is 1. The maximum Gasteiger partial charge on any atom is 0.0646 e. The van der Waals surface area contributed by atoms with E-state index < -0.39 is 0 Å². The molecule has 0 heterocycles. The lowest BCUT2D eigenvalue weighted by Gasteiger charge is -2.20. The van der Waals surface area contributed by atoms with E-state index in [2.05, 4.69) is 48.7 Å². The fraction of sp³-hybridized carbons (Fsp3) is 0.500. The van der Waals surface area contributed by atoms with Crippen molar-refractivity contribution >= 4 is 39.9 Å². The molecule has 1 rings (SSSR count). The molecule has 0 atom stereocenters. The summed E-state index contributed by atoms with van der Waals surface area (Å²) in [5.41, 5.74) is 1.02. The summed E-state index contributed by atoms with van der Waals surface area (Å²) in [6.45, 7) is 7.66. The highest BCUT2D eigenvalue weighted by Crippen LogP contribution is 2.22. The first-order valence-electron chi connectivity index (χ1n) is 5.21. The molecule has 0 bridgehead atoms. The van der Waals surface area contributed by atoms with Gasteiger partial charge >= 0.3 is 0 Å². The average Bonchev–Trinajstić information content (AvgIpc) is 2.13. The Kier molecular flexibility index (Phi) is 5.34. The van der Waals surface area contributed by atoms with E-state index in [4.69, 9.17) is 16.3 Å². The minimum absolute atomic E-state index is 0.0746. The summed E-state index contributed by atoms with van der Waals surface area (Å²) in [7, 11) is 0. The zero-order valence-electron chi connectivity index (χ0n) is 9.81. The molecule has 16 heavy (non-hydrogen) atoms. The van der Waals surface area contributed by atoms with Crippen molar-refractivity contribution in [3.63, 3.8) is 0 Å². The third-order valence-electron chi connectivity index (χ3n) is 1.88. The zero-order valence-corrected chi connectivity index (χ0v) is 12.7. The van der Waals surface area contributed by atoms with E-state index in [-0.39, 0.29) is 5.60 Å². The molecule has 0 aliphatic carbocycles. The summed E-state index contributed by atoms with van der Waals surface area (Å²) in [4.78, 5) is 0. The summed E-state index contributed by atoms with van der Waals surface area (Å²) < 4.78 is 6.75. The van der Waals surface area contributed by atoms with Crippen LogP contribution in [0.2, 0.25) is 5.02 Å². The molecule has 4 heteroatoms. The zero-order chi connectivity index (χ0) is 12.2. The summed E-state index contributed by atoms with van der Waals surface area (Å²) in [6.07, 6.45) is 0. The van der Waals surface area contributed by atoms with Gasteiger partial charge in [-0.1, -0.05) is 11.6 Å². The standard InChI is InChI=1S/C12H17ClINO/c1-12(2,3)16-7-6-15-11-5-4-9(13)8-10(11)14/h4-5,8,15H,6-7H2,1-3H3. The SMILES string of the molecule is CC(C)(C)OCCNc1ccc(Cl)cc1I. The molecule has 0 unspecified atom stereocenters. The van der Waals surface area contributed by atoms with E-state index in [1.54, 1.807) is 0 Å². The number of anilines is 1. The average molecular weight is 354 g/mol. The number of halogens is 2. The first-order chi connectivity index (χ1) is 7.38. The molecule has 2 nitrogen and oxygen atoms in total. The van der Waals surface area contributed by atoms with Crippen LogP contribution in [0.1, 0.15) is 20.8 Å². The molecule has 1 aromatic rings. The third-order valence-corrected chi connectivity index (χ3v) is 3.01. The predicted octanol–water partition coefficient (Wildman–Crippen LogP) is 4.17. The molecule has 0 amide bonds. The van der Waals surface area contributed by atoms with Crippen molar-refractivity contribution in [3.05, 3.63) is 26.8 Å². The highest BCUT2D eigenvalue weighted by Gasteiger charge is 2.09. The van der Waals surface area contributed by atoms with Gasteiger partial charge in [0.05, 0.1) is 12.2 Å². The Bertz CT molecular complexity index is 349. The topological polar surface area (TPSA) is 21.3 Å². The van der Waals surface area contributed by atoms with Crippen molar-refractivity contribution in [2.45, 2.75) is 26.4 Å². The number of rotatable bonds is 4. The smallest absolute Gasteiger partial charge is 0.0646 e. The maximum atomic E-state index is 5.88. The molecule has 90 valence electrons. The van der Waals surface area contributed by atoms with E-state index in [1.807, 2.05) is 18.2 Å². The van der Waals surface area contributed by atoms with Crippen LogP contribution in [0.4, 0.5) is 5.69 Å². The minimum Gasteiger partial charge on any atom is -0.382 e. The summed E-state index contributed by atoms with van der Waals surface area (Å²) in [5, 5.41) is 4.09. The fourth-order valence-electron chi connectivity index (χ4n) is 1.18. The highest BCUT2D eigenvalue weighted by molar-refractivity contribution is 14.1. The molecule has 0 radical (unpaired) electrons. The van der Waals surface area contributed by atoms with Gasteiger partial charge in [-0.05, 0) is 61.6 Å². The Balaban J connectivity index is 2.38. The summed E-state index contributed by atoms with van der Waals surface area (Å²) in [5.74, 6) is 0. The second-order valence-corrected chi connectivity index (χ2v) is 6.11. The van der Waals surface area contributed by atoms with Gasteiger partial charge in [-0.15, -0.1) is 0 Å². The van der Waals surface area contributed by atoms with Crippen LogP contribution in [-0.4, -0.2) is 18.8 Å². The quantitative estimate of drug-likeness (QED) is 0.648. The largest absolute Gasteiger partial charge is 0.382 e. The van der Waals surface area contributed by atoms with Gasteiger partial charge in [0.1, 0.15) is 0 Å². The molecule has 0 aliphatic rings. The van der Waals surface area contributed by atoms with Gasteiger partial charge < -0.3 is 10.1 Å². The van der Waals surface area contributed by atoms with Crippen molar-refractivity contribution in [2.75, 3.05) is 18.5 Å². The fourth-order valence-corrected chi connectivity index (χ4v) is 2.24. The summed E-state index contributed by atoms with van der Waals surface area (Å²) in [6, 6.07) is 5.81. The van der Waals surface area contributed by atoms with Crippen LogP contribution in [0.15, 0.2) is 18.2 Å². The van der Waals surface area contributed by atoms with Gasteiger partial charge in [0.15, 0.2) is 0 Å². The van der Waals surface area contributed by atoms with Crippen LogP contribution in [0.5, 0.6) is 0 Å². The Morgan fingerprint density at radius 3 is 2.62 bits per heavy atom. The van der Waals surface area contributed by atoms with Gasteiger partial charge in [0.2, 0.25) is 0 Å². The van der Waals surface area contributed by atoms with Gasteiger partial charge in [-0.25, -0.2) is 0 Å². The molecule has 0 saturated heterocycles. The van der Waals surface area contributed by atoms with Crippen LogP contribution < -0.4 is 5.32 Å². The maximum absolute atomic E-state index is 5.88. The van der Waals surface area contributed by atoms with Crippen molar-refractivity contribution < 1.29 is 4.74 Å². The van der Waals surface area contributed by atoms with E-state index in [9.17, 15) is 0 Å². The predicted molar refractivity (Wildman–Crippen MR) is 78.4 cm³/mol. The molecule has 0 aliphatic heterocycles. The van der Waals surface area contributed by atoms with E-state index in [0.29, 0.717) is 6.61 Å². The third kappa shape index (κ3) is 5.37. The van der Waals surface area contributed by atoms with Gasteiger partial charge in [0.25, 0.3) is 0 Å². The Morgan fingerprint density at radius 2 is 2.06 bits per heavy atom. The molecule has 1 N–H and O–H groups in total. The Hall–Kier alpha value is -0.000000000000000111. The molecule has 1 aromatic carbocycles. The highest BCUT2D eigenvalue weighted by atomic mass is 127. The molecule has 0 spiro atoms. The number of nitrogens with one attached hydrogen (secondary N) is 1. The summed E-state index contributed by atoms with van der Waals surface area (Å²) >= 11 is 8.15. The normalized spacial score (nSPS) is 11.6. The Morgan fingerprint density at radius 1 is 1.38 bits per heavy atom. The van der Waals surface area contributed by atoms with Gasteiger partial charge in [-0.2, -0.15) is 0 Å². The van der Waals surface area contributed by atoms with Crippen molar-refractivity contribution in [3.8, 4) is 0 Å². The van der Waals surface area contributed by atoms with Crippen LogP contribution in [0, 0.1) is 3.57 Å². The van der Waals surface area contributed by atoms with E-state index in [0.717, 1.165) is 20.8 Å².